The molecule has 1 aromatic rings. The first-order valence-electron chi connectivity index (χ1n) is 6.69. The maximum absolute atomic E-state index is 12.2. The van der Waals surface area contributed by atoms with Crippen molar-refractivity contribution < 1.29 is 17.9 Å². The van der Waals surface area contributed by atoms with E-state index in [9.17, 15) is 13.2 Å². The van der Waals surface area contributed by atoms with Crippen LogP contribution in [0.15, 0.2) is 22.7 Å². The smallest absolute Gasteiger partial charge is 0.405 e. The van der Waals surface area contributed by atoms with Gasteiger partial charge in [-0.05, 0) is 52.7 Å². The fraction of sp³-hybridized carbons (Fsp3) is 0.571. The van der Waals surface area contributed by atoms with Gasteiger partial charge in [0.15, 0.2) is 0 Å². The Labute approximate surface area is 134 Å². The van der Waals surface area contributed by atoms with Gasteiger partial charge in [-0.3, -0.25) is 0 Å². The van der Waals surface area contributed by atoms with E-state index in [1.54, 1.807) is 12.1 Å². The molecule has 2 rings (SSSR count). The summed E-state index contributed by atoms with van der Waals surface area (Å²) in [4.78, 5) is 0. The first-order valence-corrected chi connectivity index (χ1v) is 8.77. The minimum atomic E-state index is -4.67. The fourth-order valence-corrected chi connectivity index (χ4v) is 4.02. The average molecular weight is 384 g/mol. The molecule has 0 radical (unpaired) electrons. The molecule has 0 amide bonds. The topological polar surface area (TPSA) is 21.3 Å². The molecule has 1 fully saturated rings. The van der Waals surface area contributed by atoms with Crippen molar-refractivity contribution in [2.24, 2.45) is 0 Å². The van der Waals surface area contributed by atoms with Crippen molar-refractivity contribution in [3.8, 4) is 5.75 Å². The van der Waals surface area contributed by atoms with Crippen LogP contribution in [0.1, 0.15) is 24.8 Å². The third kappa shape index (κ3) is 5.07. The molecule has 0 heterocycles. The highest BCUT2D eigenvalue weighted by atomic mass is 79.9. The predicted molar refractivity (Wildman–Crippen MR) is 82.6 cm³/mol. The second-order valence-electron chi connectivity index (χ2n) is 5.01. The third-order valence-corrected chi connectivity index (χ3v) is 5.34. The molecular formula is C14H17BrF3NOS. The van der Waals surface area contributed by atoms with E-state index >= 15 is 0 Å². The van der Waals surface area contributed by atoms with E-state index in [1.807, 2.05) is 11.8 Å². The van der Waals surface area contributed by atoms with Crippen molar-refractivity contribution >= 4 is 27.7 Å². The first kappa shape index (κ1) is 17.0. The number of hydrogen-bond acceptors (Lipinski definition) is 3. The van der Waals surface area contributed by atoms with Gasteiger partial charge < -0.3 is 10.1 Å². The Bertz CT molecular complexity index is 484. The van der Waals surface area contributed by atoms with Crippen molar-refractivity contribution in [1.82, 2.24) is 5.32 Å². The van der Waals surface area contributed by atoms with Gasteiger partial charge in [-0.1, -0.05) is 12.5 Å². The van der Waals surface area contributed by atoms with E-state index in [-0.39, 0.29) is 5.75 Å². The lowest BCUT2D eigenvalue weighted by atomic mass is 10.2. The molecule has 7 heteroatoms. The summed E-state index contributed by atoms with van der Waals surface area (Å²) < 4.78 is 40.8. The number of rotatable bonds is 5. The van der Waals surface area contributed by atoms with Gasteiger partial charge >= 0.3 is 6.36 Å². The summed E-state index contributed by atoms with van der Waals surface area (Å²) in [6, 6.07) is 5.14. The van der Waals surface area contributed by atoms with E-state index in [1.165, 1.54) is 18.9 Å². The second kappa shape index (κ2) is 7.24. The minimum absolute atomic E-state index is 0.214. The Hall–Kier alpha value is -0.400. The number of benzene rings is 1. The van der Waals surface area contributed by atoms with Crippen molar-refractivity contribution in [2.75, 3.05) is 6.26 Å². The van der Waals surface area contributed by atoms with Crippen molar-refractivity contribution in [3.63, 3.8) is 0 Å². The maximum atomic E-state index is 12.2. The molecule has 1 aromatic carbocycles. The lowest BCUT2D eigenvalue weighted by molar-refractivity contribution is -0.274. The molecule has 0 saturated heterocycles. The van der Waals surface area contributed by atoms with Gasteiger partial charge in [-0.15, -0.1) is 13.2 Å². The van der Waals surface area contributed by atoms with Gasteiger partial charge in [0, 0.05) is 17.8 Å². The Balaban J connectivity index is 1.94. The largest absolute Gasteiger partial charge is 0.573 e. The lowest BCUT2D eigenvalue weighted by Crippen LogP contribution is -2.33. The highest BCUT2D eigenvalue weighted by Gasteiger charge is 2.32. The normalized spacial score (nSPS) is 22.5. The zero-order valence-electron chi connectivity index (χ0n) is 11.5. The molecule has 21 heavy (non-hydrogen) atoms. The fourth-order valence-electron chi connectivity index (χ4n) is 2.55. The van der Waals surface area contributed by atoms with Gasteiger partial charge in [0.1, 0.15) is 5.75 Å². The maximum Gasteiger partial charge on any atom is 0.573 e. The van der Waals surface area contributed by atoms with E-state index in [0.717, 1.165) is 12.0 Å². The van der Waals surface area contributed by atoms with E-state index in [0.29, 0.717) is 22.3 Å². The number of nitrogens with one attached hydrogen (secondary N) is 1. The minimum Gasteiger partial charge on any atom is -0.405 e. The van der Waals surface area contributed by atoms with Crippen LogP contribution in [-0.4, -0.2) is 23.9 Å². The number of alkyl halides is 3. The third-order valence-electron chi connectivity index (χ3n) is 3.55. The van der Waals surface area contributed by atoms with Crippen LogP contribution in [0, 0.1) is 0 Å². The Kier molecular flexibility index (Phi) is 5.85. The summed E-state index contributed by atoms with van der Waals surface area (Å²) in [6.07, 6.45) is 1.05. The first-order chi connectivity index (χ1) is 9.89. The molecule has 1 N–H and O–H groups in total. The van der Waals surface area contributed by atoms with Crippen LogP contribution in [0.4, 0.5) is 13.2 Å². The van der Waals surface area contributed by atoms with Crippen LogP contribution in [0.25, 0.3) is 0 Å². The zero-order chi connectivity index (χ0) is 15.5. The molecule has 2 nitrogen and oxygen atoms in total. The summed E-state index contributed by atoms with van der Waals surface area (Å²) in [5.41, 5.74) is 0.933. The molecule has 1 aliphatic carbocycles. The number of hydrogen-bond donors (Lipinski definition) is 1. The van der Waals surface area contributed by atoms with Gasteiger partial charge in [-0.2, -0.15) is 11.8 Å². The Morgan fingerprint density at radius 3 is 2.76 bits per heavy atom. The summed E-state index contributed by atoms with van der Waals surface area (Å²) in [6.45, 7) is 0.645. The molecule has 0 spiro atoms. The molecular weight excluding hydrogens is 367 g/mol. The summed E-state index contributed by atoms with van der Waals surface area (Å²) in [5.74, 6) is -0.214. The zero-order valence-corrected chi connectivity index (χ0v) is 13.9. The molecule has 2 atom stereocenters. The second-order valence-corrected chi connectivity index (χ2v) is 6.94. The molecule has 2 unspecified atom stereocenters. The number of halogens is 4. The summed E-state index contributed by atoms with van der Waals surface area (Å²) in [5, 5.41) is 4.12. The van der Waals surface area contributed by atoms with Gasteiger partial charge in [-0.25, -0.2) is 0 Å². The van der Waals surface area contributed by atoms with E-state index in [4.69, 9.17) is 0 Å². The number of thioether (sulfide) groups is 1. The van der Waals surface area contributed by atoms with Crippen LogP contribution in [0.2, 0.25) is 0 Å². The highest BCUT2D eigenvalue weighted by molar-refractivity contribution is 9.10. The predicted octanol–water partition coefficient (Wildman–Crippen LogP) is 4.72. The van der Waals surface area contributed by atoms with Crippen molar-refractivity contribution in [2.45, 2.75) is 43.5 Å². The van der Waals surface area contributed by atoms with Crippen LogP contribution in [0.5, 0.6) is 5.75 Å². The Morgan fingerprint density at radius 2 is 2.14 bits per heavy atom. The standard InChI is InChI=1S/C14H17BrF3NOS/c1-21-13-4-2-3-11(13)19-8-9-5-6-12(10(15)7-9)20-14(16,17)18/h5-7,11,13,19H,2-4,8H2,1H3. The average Bonchev–Trinajstić information content (AvgIpc) is 2.85. The van der Waals surface area contributed by atoms with Gasteiger partial charge in [0.25, 0.3) is 0 Å². The molecule has 1 saturated carbocycles. The van der Waals surface area contributed by atoms with Gasteiger partial charge in [0.2, 0.25) is 0 Å². The van der Waals surface area contributed by atoms with Crippen LogP contribution in [0.3, 0.4) is 0 Å². The lowest BCUT2D eigenvalue weighted by Gasteiger charge is -2.19. The molecule has 1 aliphatic rings. The molecule has 0 bridgehead atoms. The highest BCUT2D eigenvalue weighted by Crippen LogP contribution is 2.32. The van der Waals surface area contributed by atoms with Crippen LogP contribution in [-0.2, 0) is 6.54 Å². The van der Waals surface area contributed by atoms with Crippen LogP contribution >= 0.6 is 27.7 Å². The van der Waals surface area contributed by atoms with E-state index in [2.05, 4.69) is 32.2 Å². The monoisotopic (exact) mass is 383 g/mol. The van der Waals surface area contributed by atoms with Crippen LogP contribution < -0.4 is 10.1 Å². The molecule has 0 aliphatic heterocycles. The van der Waals surface area contributed by atoms with Crippen molar-refractivity contribution in [3.05, 3.63) is 28.2 Å². The summed E-state index contributed by atoms with van der Waals surface area (Å²) >= 11 is 4.99. The Morgan fingerprint density at radius 1 is 1.38 bits per heavy atom. The number of ether oxygens (including phenoxy) is 1. The van der Waals surface area contributed by atoms with Crippen molar-refractivity contribution in [1.29, 1.82) is 0 Å². The SMILES string of the molecule is CSC1CCCC1NCc1ccc(OC(F)(F)F)c(Br)c1. The summed E-state index contributed by atoms with van der Waals surface area (Å²) in [7, 11) is 0. The molecule has 118 valence electrons. The van der Waals surface area contributed by atoms with E-state index < -0.39 is 6.36 Å². The quantitative estimate of drug-likeness (QED) is 0.794. The van der Waals surface area contributed by atoms with Gasteiger partial charge in [0.05, 0.1) is 4.47 Å². The molecule has 0 aromatic heterocycles.